The molecule has 3 rings (SSSR count). The molecule has 0 spiro atoms. The van der Waals surface area contributed by atoms with Crippen molar-refractivity contribution in [2.45, 2.75) is 19.0 Å². The van der Waals surface area contributed by atoms with E-state index in [0.29, 0.717) is 15.4 Å². The largest absolute Gasteiger partial charge is 0.325 e. The highest BCUT2D eigenvalue weighted by Crippen LogP contribution is 2.29. The number of thioether (sulfide) groups is 1. The van der Waals surface area contributed by atoms with Gasteiger partial charge in [-0.15, -0.1) is 11.3 Å². The summed E-state index contributed by atoms with van der Waals surface area (Å²) in [7, 11) is 1.62. The highest BCUT2D eigenvalue weighted by atomic mass is 35.5. The number of carbonyl (C=O) groups is 1. The summed E-state index contributed by atoms with van der Waals surface area (Å²) in [6.45, 7) is 3.83. The predicted octanol–water partition coefficient (Wildman–Crippen LogP) is 3.90. The van der Waals surface area contributed by atoms with Gasteiger partial charge >= 0.3 is 0 Å². The number of aromatic nitrogens is 2. The molecule has 0 aliphatic rings. The van der Waals surface area contributed by atoms with Crippen molar-refractivity contribution in [2.24, 2.45) is 7.05 Å². The van der Waals surface area contributed by atoms with Crippen molar-refractivity contribution < 1.29 is 9.72 Å². The summed E-state index contributed by atoms with van der Waals surface area (Å²) in [5.41, 5.74) is 0.753. The first kappa shape index (κ1) is 20.3. The van der Waals surface area contributed by atoms with E-state index < -0.39 is 4.92 Å². The summed E-state index contributed by atoms with van der Waals surface area (Å²) in [6, 6.07) is 4.03. The molecule has 0 aliphatic carbocycles. The van der Waals surface area contributed by atoms with Gasteiger partial charge in [-0.1, -0.05) is 23.4 Å². The van der Waals surface area contributed by atoms with Gasteiger partial charge in [-0.3, -0.25) is 24.3 Å². The van der Waals surface area contributed by atoms with Gasteiger partial charge in [0.05, 0.1) is 16.1 Å². The third-order valence-corrected chi connectivity index (χ3v) is 6.58. The Balaban J connectivity index is 1.76. The Bertz CT molecular complexity index is 1170. The lowest BCUT2D eigenvalue weighted by Gasteiger charge is -2.08. The Kier molecular flexibility index (Phi) is 5.73. The zero-order valence-electron chi connectivity index (χ0n) is 15.1. The molecule has 3 aromatic rings. The molecule has 0 fully saturated rings. The van der Waals surface area contributed by atoms with Crippen LogP contribution in [0.25, 0.3) is 10.2 Å². The second-order valence-corrected chi connectivity index (χ2v) is 8.53. The van der Waals surface area contributed by atoms with Crippen LogP contribution in [0.15, 0.2) is 28.2 Å². The van der Waals surface area contributed by atoms with Crippen LogP contribution in [0.1, 0.15) is 10.4 Å². The first-order valence-electron chi connectivity index (χ1n) is 8.02. The van der Waals surface area contributed by atoms with Crippen LogP contribution in [0, 0.1) is 24.0 Å². The van der Waals surface area contributed by atoms with Crippen molar-refractivity contribution in [1.29, 1.82) is 0 Å². The van der Waals surface area contributed by atoms with Crippen molar-refractivity contribution in [2.75, 3.05) is 11.1 Å². The third-order valence-electron chi connectivity index (χ3n) is 4.13. The van der Waals surface area contributed by atoms with Crippen LogP contribution in [0.5, 0.6) is 0 Å². The van der Waals surface area contributed by atoms with Crippen LogP contribution in [0.2, 0.25) is 5.02 Å². The molecule has 0 aliphatic heterocycles. The van der Waals surface area contributed by atoms with E-state index in [1.54, 1.807) is 7.05 Å². The number of hydrogen-bond donors (Lipinski definition) is 1. The molecular formula is C17H15ClN4O4S2. The van der Waals surface area contributed by atoms with Crippen LogP contribution < -0.4 is 10.9 Å². The van der Waals surface area contributed by atoms with E-state index in [-0.39, 0.29) is 33.6 Å². The lowest BCUT2D eigenvalue weighted by Crippen LogP contribution is -2.21. The number of fused-ring (bicyclic) bond motifs is 1. The normalized spacial score (nSPS) is 11.0. The van der Waals surface area contributed by atoms with Gasteiger partial charge in [-0.25, -0.2) is 4.98 Å². The molecule has 0 unspecified atom stereocenters. The maximum absolute atomic E-state index is 12.6. The van der Waals surface area contributed by atoms with Crippen LogP contribution in [0.4, 0.5) is 11.4 Å². The SMILES string of the molecule is Cc1sc2nc(SCC(=O)Nc3ccc(Cl)c([N+](=O)[O-])c3)n(C)c(=O)c2c1C. The maximum atomic E-state index is 12.6. The summed E-state index contributed by atoms with van der Waals surface area (Å²) in [5.74, 6) is -0.388. The number of halogens is 1. The smallest absolute Gasteiger partial charge is 0.289 e. The topological polar surface area (TPSA) is 107 Å². The van der Waals surface area contributed by atoms with E-state index >= 15 is 0 Å². The van der Waals surface area contributed by atoms with E-state index in [1.165, 1.54) is 34.1 Å². The predicted molar refractivity (Wildman–Crippen MR) is 112 cm³/mol. The molecule has 1 N–H and O–H groups in total. The molecule has 2 aromatic heterocycles. The standard InChI is InChI=1S/C17H15ClN4O4S2/c1-8-9(2)28-15-14(8)16(24)21(3)17(20-15)27-7-13(23)19-10-4-5-11(18)12(6-10)22(25)26/h4-6H,7H2,1-3H3,(H,19,23). The van der Waals surface area contributed by atoms with Crippen LogP contribution in [0.3, 0.4) is 0 Å². The van der Waals surface area contributed by atoms with Crippen molar-refractivity contribution in [1.82, 2.24) is 9.55 Å². The maximum Gasteiger partial charge on any atom is 0.289 e. The highest BCUT2D eigenvalue weighted by Gasteiger charge is 2.17. The summed E-state index contributed by atoms with van der Waals surface area (Å²) < 4.78 is 1.42. The highest BCUT2D eigenvalue weighted by molar-refractivity contribution is 7.99. The fourth-order valence-electron chi connectivity index (χ4n) is 2.54. The van der Waals surface area contributed by atoms with E-state index in [0.717, 1.165) is 22.2 Å². The fourth-order valence-corrected chi connectivity index (χ4v) is 4.57. The quantitative estimate of drug-likeness (QED) is 0.280. The van der Waals surface area contributed by atoms with Crippen molar-refractivity contribution in [3.05, 3.63) is 54.1 Å². The number of thiophene rings is 1. The number of amides is 1. The third kappa shape index (κ3) is 3.89. The van der Waals surface area contributed by atoms with Gasteiger partial charge in [-0.2, -0.15) is 0 Å². The molecule has 28 heavy (non-hydrogen) atoms. The van der Waals surface area contributed by atoms with Gasteiger partial charge in [0.15, 0.2) is 5.16 Å². The molecule has 0 saturated carbocycles. The molecule has 0 atom stereocenters. The second kappa shape index (κ2) is 7.90. The number of benzene rings is 1. The molecule has 1 amide bonds. The lowest BCUT2D eigenvalue weighted by molar-refractivity contribution is -0.384. The van der Waals surface area contributed by atoms with E-state index in [4.69, 9.17) is 11.6 Å². The molecule has 11 heteroatoms. The summed E-state index contributed by atoms with van der Waals surface area (Å²) in [5, 5.41) is 14.5. The average Bonchev–Trinajstić information content (AvgIpc) is 2.92. The molecule has 0 radical (unpaired) electrons. The number of nitrogens with zero attached hydrogens (tertiary/aromatic N) is 3. The Morgan fingerprint density at radius 2 is 2.14 bits per heavy atom. The van der Waals surface area contributed by atoms with Crippen molar-refractivity contribution in [3.63, 3.8) is 0 Å². The van der Waals surface area contributed by atoms with Gasteiger partial charge in [0, 0.05) is 23.7 Å². The fraction of sp³-hybridized carbons (Fsp3) is 0.235. The van der Waals surface area contributed by atoms with Crippen LogP contribution >= 0.6 is 34.7 Å². The van der Waals surface area contributed by atoms with Gasteiger partial charge in [0.1, 0.15) is 9.85 Å². The first-order chi connectivity index (χ1) is 13.2. The van der Waals surface area contributed by atoms with E-state index in [9.17, 15) is 19.7 Å². The summed E-state index contributed by atoms with van der Waals surface area (Å²) in [6.07, 6.45) is 0. The molecule has 146 valence electrons. The van der Waals surface area contributed by atoms with Gasteiger partial charge in [0.2, 0.25) is 5.91 Å². The molecule has 2 heterocycles. The molecule has 8 nitrogen and oxygen atoms in total. The van der Waals surface area contributed by atoms with E-state index in [2.05, 4.69) is 10.3 Å². The van der Waals surface area contributed by atoms with Gasteiger partial charge in [0.25, 0.3) is 11.2 Å². The monoisotopic (exact) mass is 438 g/mol. The molecule has 1 aromatic carbocycles. The number of nitrogens with one attached hydrogen (secondary N) is 1. The summed E-state index contributed by atoms with van der Waals surface area (Å²) >= 11 is 8.33. The van der Waals surface area contributed by atoms with Crippen LogP contribution in [-0.2, 0) is 11.8 Å². The Morgan fingerprint density at radius 1 is 1.43 bits per heavy atom. The number of rotatable bonds is 5. The van der Waals surface area contributed by atoms with Crippen LogP contribution in [-0.4, -0.2) is 26.1 Å². The van der Waals surface area contributed by atoms with Crippen molar-refractivity contribution in [3.8, 4) is 0 Å². The molecule has 0 saturated heterocycles. The number of carbonyl (C=O) groups excluding carboxylic acids is 1. The first-order valence-corrected chi connectivity index (χ1v) is 10.2. The second-order valence-electron chi connectivity index (χ2n) is 5.98. The number of hydrogen-bond acceptors (Lipinski definition) is 7. The minimum atomic E-state index is -0.618. The minimum absolute atomic E-state index is 0.00795. The minimum Gasteiger partial charge on any atom is -0.325 e. The van der Waals surface area contributed by atoms with E-state index in [1.807, 2.05) is 13.8 Å². The number of nitro benzene ring substituents is 1. The number of anilines is 1. The zero-order valence-corrected chi connectivity index (χ0v) is 17.5. The lowest BCUT2D eigenvalue weighted by atomic mass is 10.2. The average molecular weight is 439 g/mol. The summed E-state index contributed by atoms with van der Waals surface area (Å²) in [4.78, 5) is 41.3. The number of aryl methyl sites for hydroxylation is 2. The Morgan fingerprint density at radius 3 is 2.82 bits per heavy atom. The number of nitro groups is 1. The Labute approximate surface area is 172 Å². The van der Waals surface area contributed by atoms with Crippen molar-refractivity contribution >= 4 is 62.2 Å². The zero-order chi connectivity index (χ0) is 20.6. The Hall–Kier alpha value is -2.43. The van der Waals surface area contributed by atoms with Gasteiger partial charge in [-0.05, 0) is 31.5 Å². The molecule has 0 bridgehead atoms. The van der Waals surface area contributed by atoms with Gasteiger partial charge < -0.3 is 5.32 Å². The molecular weight excluding hydrogens is 424 g/mol.